The van der Waals surface area contributed by atoms with Crippen molar-refractivity contribution in [3.05, 3.63) is 72.4 Å². The molecule has 2 aromatic rings. The van der Waals surface area contributed by atoms with Crippen molar-refractivity contribution in [2.45, 2.75) is 18.6 Å². The Morgan fingerprint density at radius 2 is 1.92 bits per heavy atom. The fraction of sp³-hybridized carbons (Fsp3) is 0.211. The molecule has 0 saturated carbocycles. The Morgan fingerprint density at radius 3 is 2.67 bits per heavy atom. The predicted molar refractivity (Wildman–Crippen MR) is 99.6 cm³/mol. The van der Waals surface area contributed by atoms with Gasteiger partial charge in [0.1, 0.15) is 0 Å². The Kier molecular flexibility index (Phi) is 5.11. The second kappa shape index (κ2) is 7.45. The van der Waals surface area contributed by atoms with Crippen molar-refractivity contribution in [1.82, 2.24) is 0 Å². The maximum absolute atomic E-state index is 11.1. The first-order chi connectivity index (χ1) is 11.6. The number of benzene rings is 2. The minimum absolute atomic E-state index is 0.00347. The lowest BCUT2D eigenvalue weighted by molar-refractivity contribution is -0.136. The highest BCUT2D eigenvalue weighted by molar-refractivity contribution is 7.88. The quantitative estimate of drug-likeness (QED) is 0.910. The van der Waals surface area contributed by atoms with Crippen LogP contribution in [0.15, 0.2) is 71.2 Å². The molecule has 3 rings (SSSR count). The molecule has 124 valence electrons. The van der Waals surface area contributed by atoms with Gasteiger partial charge in [0.15, 0.2) is 0 Å². The Morgan fingerprint density at radius 1 is 1.21 bits per heavy atom. The van der Waals surface area contributed by atoms with Crippen LogP contribution in [-0.4, -0.2) is 22.2 Å². The van der Waals surface area contributed by atoms with Crippen molar-refractivity contribution in [2.75, 3.05) is 10.8 Å². The first kappa shape index (κ1) is 16.5. The van der Waals surface area contributed by atoms with E-state index in [2.05, 4.69) is 36.2 Å². The molecule has 0 amide bonds. The molecule has 0 fully saturated rings. The van der Waals surface area contributed by atoms with Gasteiger partial charge in [0.25, 0.3) is 0 Å². The van der Waals surface area contributed by atoms with E-state index < -0.39 is 5.97 Å². The van der Waals surface area contributed by atoms with Gasteiger partial charge in [0.05, 0.1) is 18.0 Å². The molecular weight excluding hydrogens is 320 g/mol. The second-order valence-electron chi connectivity index (χ2n) is 5.67. The third-order valence-corrected chi connectivity index (χ3v) is 5.86. The predicted octanol–water partition coefficient (Wildman–Crippen LogP) is 4.13. The van der Waals surface area contributed by atoms with Crippen molar-refractivity contribution < 1.29 is 9.90 Å². The van der Waals surface area contributed by atoms with Gasteiger partial charge in [-0.15, -0.1) is 0 Å². The zero-order valence-electron chi connectivity index (χ0n) is 13.5. The fourth-order valence-electron chi connectivity index (χ4n) is 2.55. The average Bonchev–Trinajstić information content (AvgIpc) is 2.59. The molecule has 5 heteroatoms. The molecule has 2 atom stereocenters. The lowest BCUT2D eigenvalue weighted by Crippen LogP contribution is -2.30. The van der Waals surface area contributed by atoms with E-state index in [1.807, 2.05) is 42.5 Å². The van der Waals surface area contributed by atoms with Crippen LogP contribution in [-0.2, 0) is 21.9 Å². The minimum Gasteiger partial charge on any atom is -0.481 e. The molecule has 0 radical (unpaired) electrons. The number of hydrogen-bond acceptors (Lipinski definition) is 3. The third kappa shape index (κ3) is 3.92. The topological polar surface area (TPSA) is 52.9 Å². The van der Waals surface area contributed by atoms with Crippen molar-refractivity contribution >= 4 is 28.0 Å². The van der Waals surface area contributed by atoms with Gasteiger partial charge in [-0.2, -0.15) is 0 Å². The SMILES string of the molecule is CC1C=CN(c2ccccc2)CS1=Nc1ccccc1CC(=O)O. The van der Waals surface area contributed by atoms with Gasteiger partial charge in [-0.25, -0.2) is 4.36 Å². The highest BCUT2D eigenvalue weighted by Crippen LogP contribution is 2.25. The third-order valence-electron chi connectivity index (χ3n) is 3.87. The van der Waals surface area contributed by atoms with Crippen LogP contribution in [0.2, 0.25) is 0 Å². The van der Waals surface area contributed by atoms with E-state index in [0.717, 1.165) is 22.8 Å². The monoisotopic (exact) mass is 340 g/mol. The summed E-state index contributed by atoms with van der Waals surface area (Å²) in [4.78, 5) is 13.3. The van der Waals surface area contributed by atoms with Gasteiger partial charge in [0.2, 0.25) is 0 Å². The lowest BCUT2D eigenvalue weighted by atomic mass is 10.1. The molecule has 2 aromatic carbocycles. The molecule has 4 nitrogen and oxygen atoms in total. The van der Waals surface area contributed by atoms with Gasteiger partial charge >= 0.3 is 5.97 Å². The summed E-state index contributed by atoms with van der Waals surface area (Å²) in [5.74, 6) is -0.0215. The van der Waals surface area contributed by atoms with Crippen LogP contribution >= 0.6 is 0 Å². The molecule has 2 unspecified atom stereocenters. The molecule has 0 spiro atoms. The van der Waals surface area contributed by atoms with Crippen LogP contribution in [0.3, 0.4) is 0 Å². The maximum Gasteiger partial charge on any atom is 0.307 e. The summed E-state index contributed by atoms with van der Waals surface area (Å²) >= 11 is 0. The van der Waals surface area contributed by atoms with E-state index in [1.165, 1.54) is 0 Å². The van der Waals surface area contributed by atoms with E-state index in [4.69, 9.17) is 9.47 Å². The van der Waals surface area contributed by atoms with Gasteiger partial charge in [-0.05, 0) is 30.7 Å². The van der Waals surface area contributed by atoms with Crippen LogP contribution in [0.1, 0.15) is 12.5 Å². The van der Waals surface area contributed by atoms with Crippen LogP contribution in [0.5, 0.6) is 0 Å². The summed E-state index contributed by atoms with van der Waals surface area (Å²) in [5, 5.41) is 9.42. The summed E-state index contributed by atoms with van der Waals surface area (Å²) in [6, 6.07) is 17.7. The Bertz CT molecular complexity index is 787. The number of anilines is 1. The summed E-state index contributed by atoms with van der Waals surface area (Å²) in [7, 11) is -0.225. The number of hydrogen-bond donors (Lipinski definition) is 1. The van der Waals surface area contributed by atoms with Gasteiger partial charge < -0.3 is 10.0 Å². The maximum atomic E-state index is 11.1. The molecule has 1 heterocycles. The molecule has 1 aliphatic heterocycles. The first-order valence-electron chi connectivity index (χ1n) is 7.85. The second-order valence-corrected chi connectivity index (χ2v) is 7.66. The molecule has 0 aliphatic carbocycles. The molecular formula is C19H20N2O2S. The van der Waals surface area contributed by atoms with Crippen molar-refractivity contribution in [1.29, 1.82) is 0 Å². The fourth-order valence-corrected chi connectivity index (χ4v) is 4.21. The largest absolute Gasteiger partial charge is 0.481 e. The zero-order valence-corrected chi connectivity index (χ0v) is 14.3. The summed E-state index contributed by atoms with van der Waals surface area (Å²) < 4.78 is 4.90. The first-order valence-corrected chi connectivity index (χ1v) is 9.26. The standard InChI is InChI=1S/C19H20N2O2S/c1-15-11-12-21(17-8-3-2-4-9-17)14-24(15)20-18-10-6-5-7-16(18)13-19(22)23/h2-12,15H,13-14H2,1H3,(H,22,23). The van der Waals surface area contributed by atoms with E-state index in [9.17, 15) is 4.79 Å². The number of carboxylic acid groups (broad SMARTS) is 1. The van der Waals surface area contributed by atoms with E-state index in [0.29, 0.717) is 5.25 Å². The van der Waals surface area contributed by atoms with Crippen LogP contribution < -0.4 is 4.90 Å². The van der Waals surface area contributed by atoms with Crippen molar-refractivity contribution in [2.24, 2.45) is 4.36 Å². The number of rotatable bonds is 4. The molecule has 24 heavy (non-hydrogen) atoms. The highest BCUT2D eigenvalue weighted by atomic mass is 32.2. The molecule has 1 N–H and O–H groups in total. The highest BCUT2D eigenvalue weighted by Gasteiger charge is 2.17. The zero-order chi connectivity index (χ0) is 16.9. The van der Waals surface area contributed by atoms with E-state index in [-0.39, 0.29) is 17.1 Å². The summed E-state index contributed by atoms with van der Waals surface area (Å²) in [6.45, 7) is 2.16. The van der Waals surface area contributed by atoms with Crippen LogP contribution in [0.4, 0.5) is 11.4 Å². The number of nitrogens with zero attached hydrogens (tertiary/aromatic N) is 2. The normalized spacial score (nSPS) is 20.3. The number of para-hydroxylation sites is 1. The van der Waals surface area contributed by atoms with Crippen molar-refractivity contribution in [3.8, 4) is 0 Å². The van der Waals surface area contributed by atoms with Gasteiger partial charge in [-0.1, -0.05) is 53.2 Å². The lowest BCUT2D eigenvalue weighted by Gasteiger charge is -2.29. The Labute approximate surface area is 144 Å². The number of carboxylic acids is 1. The number of carbonyl (C=O) groups is 1. The summed E-state index contributed by atoms with van der Waals surface area (Å²) in [5.41, 5.74) is 2.70. The van der Waals surface area contributed by atoms with Gasteiger partial charge in [0, 0.05) is 17.1 Å². The van der Waals surface area contributed by atoms with E-state index in [1.54, 1.807) is 0 Å². The van der Waals surface area contributed by atoms with Crippen molar-refractivity contribution in [3.63, 3.8) is 0 Å². The molecule has 0 saturated heterocycles. The molecule has 0 aromatic heterocycles. The van der Waals surface area contributed by atoms with Gasteiger partial charge in [-0.3, -0.25) is 4.79 Å². The van der Waals surface area contributed by atoms with Crippen LogP contribution in [0.25, 0.3) is 0 Å². The van der Waals surface area contributed by atoms with Crippen LogP contribution in [0, 0.1) is 0 Å². The number of aliphatic carboxylic acids is 1. The molecule has 1 aliphatic rings. The minimum atomic E-state index is -0.830. The molecule has 0 bridgehead atoms. The smallest absolute Gasteiger partial charge is 0.307 e. The summed E-state index contributed by atoms with van der Waals surface area (Å²) in [6.07, 6.45) is 4.29. The Balaban J connectivity index is 1.90. The Hall–Kier alpha value is -2.40. The average molecular weight is 340 g/mol. The van der Waals surface area contributed by atoms with E-state index >= 15 is 0 Å².